The fraction of sp³-hybridized carbons (Fsp3) is 0.400. The zero-order valence-electron chi connectivity index (χ0n) is 8.77. The minimum atomic E-state index is -3.29. The molecule has 0 atom stereocenters. The number of hydrogen-bond donors (Lipinski definition) is 0. The Kier molecular flexibility index (Phi) is 4.54. The summed E-state index contributed by atoms with van der Waals surface area (Å²) in [5.74, 6) is 0. The van der Waals surface area contributed by atoms with E-state index < -0.39 is 10.0 Å². The van der Waals surface area contributed by atoms with Crippen LogP contribution in [0.3, 0.4) is 0 Å². The molecular weight excluding hydrogens is 325 g/mol. The van der Waals surface area contributed by atoms with Gasteiger partial charge in [0, 0.05) is 18.0 Å². The third-order valence-electron chi connectivity index (χ3n) is 2.13. The van der Waals surface area contributed by atoms with Gasteiger partial charge in [-0.25, -0.2) is 12.7 Å². The smallest absolute Gasteiger partial charge is 0.207 e. The van der Waals surface area contributed by atoms with Crippen LogP contribution in [0, 0.1) is 6.92 Å². The first-order valence-electron chi connectivity index (χ1n) is 4.57. The van der Waals surface area contributed by atoms with Crippen molar-refractivity contribution in [3.8, 4) is 0 Å². The summed E-state index contributed by atoms with van der Waals surface area (Å²) in [6.07, 6.45) is 0. The molecule has 0 amide bonds. The second-order valence-corrected chi connectivity index (χ2v) is 6.45. The summed E-state index contributed by atoms with van der Waals surface area (Å²) < 4.78 is 26.1. The Hall–Kier alpha value is -0.140. The maximum Gasteiger partial charge on any atom is 0.242 e. The molecule has 5 heteroatoms. The molecule has 0 fully saturated rings. The second kappa shape index (κ2) is 5.27. The van der Waals surface area contributed by atoms with Crippen molar-refractivity contribution in [2.24, 2.45) is 0 Å². The molecule has 15 heavy (non-hydrogen) atoms. The average molecular weight is 339 g/mol. The fourth-order valence-corrected chi connectivity index (χ4v) is 3.35. The van der Waals surface area contributed by atoms with Crippen molar-refractivity contribution in [1.29, 1.82) is 0 Å². The van der Waals surface area contributed by atoms with E-state index in [1.807, 2.05) is 19.1 Å². The lowest BCUT2D eigenvalue weighted by molar-refractivity contribution is 0.490. The first-order valence-corrected chi connectivity index (χ1v) is 7.54. The van der Waals surface area contributed by atoms with Gasteiger partial charge in [-0.05, 0) is 19.1 Å². The highest BCUT2D eigenvalue weighted by molar-refractivity contribution is 14.1. The van der Waals surface area contributed by atoms with Gasteiger partial charge < -0.3 is 0 Å². The van der Waals surface area contributed by atoms with Gasteiger partial charge >= 0.3 is 0 Å². The van der Waals surface area contributed by atoms with Crippen molar-refractivity contribution < 1.29 is 8.42 Å². The van der Waals surface area contributed by atoms with Gasteiger partial charge in [-0.1, -0.05) is 40.3 Å². The number of benzene rings is 1. The number of alkyl halides is 1. The zero-order chi connectivity index (χ0) is 11.5. The molecule has 0 unspecified atom stereocenters. The van der Waals surface area contributed by atoms with Crippen LogP contribution in [-0.4, -0.2) is 30.7 Å². The van der Waals surface area contributed by atoms with Gasteiger partial charge in [0.1, 0.15) is 0 Å². The Bertz CT molecular complexity index is 414. The van der Waals surface area contributed by atoms with Gasteiger partial charge in [0.2, 0.25) is 10.0 Å². The Labute approximate surface area is 105 Å². The van der Waals surface area contributed by atoms with Crippen LogP contribution in [0.4, 0.5) is 0 Å². The third kappa shape index (κ3) is 3.15. The van der Waals surface area contributed by atoms with E-state index in [0.29, 0.717) is 11.4 Å². The molecule has 1 aromatic carbocycles. The number of hydrogen-bond acceptors (Lipinski definition) is 2. The van der Waals surface area contributed by atoms with Gasteiger partial charge in [0.15, 0.2) is 0 Å². The summed E-state index contributed by atoms with van der Waals surface area (Å²) in [6, 6.07) is 6.91. The quantitative estimate of drug-likeness (QED) is 0.622. The molecule has 0 aliphatic heterocycles. The van der Waals surface area contributed by atoms with Crippen LogP contribution in [-0.2, 0) is 10.0 Å². The van der Waals surface area contributed by atoms with Gasteiger partial charge in [-0.3, -0.25) is 0 Å². The Morgan fingerprint density at radius 1 is 1.27 bits per heavy atom. The number of sulfonamides is 1. The van der Waals surface area contributed by atoms with Gasteiger partial charge in [0.05, 0.1) is 4.90 Å². The predicted octanol–water partition coefficient (Wildman–Crippen LogP) is 2.05. The standard InChI is InChI=1S/C10H14INO2S/c1-9-3-5-10(6-4-9)15(13,14)12(2)8-7-11/h3-6H,7-8H2,1-2H3. The molecule has 1 aromatic rings. The molecule has 3 nitrogen and oxygen atoms in total. The average Bonchev–Trinajstić information content (AvgIpc) is 2.18. The molecule has 0 spiro atoms. The number of aryl methyl sites for hydroxylation is 1. The van der Waals surface area contributed by atoms with E-state index in [0.717, 1.165) is 9.99 Å². The topological polar surface area (TPSA) is 37.4 Å². The first-order chi connectivity index (χ1) is 6.98. The zero-order valence-corrected chi connectivity index (χ0v) is 11.7. The summed E-state index contributed by atoms with van der Waals surface area (Å²) in [5.41, 5.74) is 1.06. The fourth-order valence-electron chi connectivity index (χ4n) is 1.13. The normalized spacial score (nSPS) is 12.0. The third-order valence-corrected chi connectivity index (χ3v) is 4.48. The lowest BCUT2D eigenvalue weighted by Gasteiger charge is -2.15. The highest BCUT2D eigenvalue weighted by Crippen LogP contribution is 2.14. The van der Waals surface area contributed by atoms with Crippen LogP contribution in [0.1, 0.15) is 5.56 Å². The summed E-state index contributed by atoms with van der Waals surface area (Å²) in [5, 5.41) is 0. The van der Waals surface area contributed by atoms with Crippen molar-refractivity contribution in [2.75, 3.05) is 18.0 Å². The monoisotopic (exact) mass is 339 g/mol. The highest BCUT2D eigenvalue weighted by Gasteiger charge is 2.19. The van der Waals surface area contributed by atoms with Crippen LogP contribution < -0.4 is 0 Å². The molecule has 0 heterocycles. The van der Waals surface area contributed by atoms with Gasteiger partial charge in [0.25, 0.3) is 0 Å². The minimum absolute atomic E-state index is 0.362. The van der Waals surface area contributed by atoms with E-state index in [4.69, 9.17) is 0 Å². The van der Waals surface area contributed by atoms with Crippen LogP contribution in [0.15, 0.2) is 29.2 Å². The lowest BCUT2D eigenvalue weighted by Crippen LogP contribution is -2.28. The predicted molar refractivity (Wildman–Crippen MR) is 69.9 cm³/mol. The Morgan fingerprint density at radius 2 is 1.80 bits per heavy atom. The van der Waals surface area contributed by atoms with Crippen molar-refractivity contribution in [3.05, 3.63) is 29.8 Å². The summed E-state index contributed by atoms with van der Waals surface area (Å²) in [7, 11) is -1.68. The number of halogens is 1. The van der Waals surface area contributed by atoms with Crippen molar-refractivity contribution in [2.45, 2.75) is 11.8 Å². The van der Waals surface area contributed by atoms with E-state index in [2.05, 4.69) is 22.6 Å². The molecular formula is C10H14INO2S. The van der Waals surface area contributed by atoms with Crippen LogP contribution in [0.25, 0.3) is 0 Å². The molecule has 1 rings (SSSR count). The molecule has 84 valence electrons. The molecule has 0 aliphatic rings. The molecule has 0 bridgehead atoms. The molecule has 0 N–H and O–H groups in total. The number of nitrogens with zero attached hydrogens (tertiary/aromatic N) is 1. The summed E-state index contributed by atoms with van der Waals surface area (Å²) >= 11 is 2.16. The van der Waals surface area contributed by atoms with Crippen LogP contribution in [0.2, 0.25) is 0 Å². The molecule has 0 saturated carbocycles. The number of rotatable bonds is 4. The van der Waals surface area contributed by atoms with E-state index in [9.17, 15) is 8.42 Å². The summed E-state index contributed by atoms with van der Waals surface area (Å²) in [4.78, 5) is 0.362. The maximum absolute atomic E-state index is 12.0. The Balaban J connectivity index is 3.01. The van der Waals surface area contributed by atoms with E-state index in [1.165, 1.54) is 4.31 Å². The van der Waals surface area contributed by atoms with E-state index in [-0.39, 0.29) is 0 Å². The van der Waals surface area contributed by atoms with E-state index >= 15 is 0 Å². The van der Waals surface area contributed by atoms with Crippen LogP contribution >= 0.6 is 22.6 Å². The van der Waals surface area contributed by atoms with Gasteiger partial charge in [-0.15, -0.1) is 0 Å². The van der Waals surface area contributed by atoms with E-state index in [1.54, 1.807) is 19.2 Å². The minimum Gasteiger partial charge on any atom is -0.207 e. The first kappa shape index (κ1) is 12.9. The molecule has 0 aliphatic carbocycles. The maximum atomic E-state index is 12.0. The SMILES string of the molecule is Cc1ccc(S(=O)(=O)N(C)CCI)cc1. The molecule has 0 saturated heterocycles. The molecule has 0 aromatic heterocycles. The lowest BCUT2D eigenvalue weighted by atomic mass is 10.2. The van der Waals surface area contributed by atoms with Crippen LogP contribution in [0.5, 0.6) is 0 Å². The van der Waals surface area contributed by atoms with Crippen molar-refractivity contribution in [3.63, 3.8) is 0 Å². The van der Waals surface area contributed by atoms with Gasteiger partial charge in [-0.2, -0.15) is 0 Å². The largest absolute Gasteiger partial charge is 0.242 e. The van der Waals surface area contributed by atoms with Crippen molar-refractivity contribution >= 4 is 32.6 Å². The Morgan fingerprint density at radius 3 is 2.27 bits per heavy atom. The molecule has 0 radical (unpaired) electrons. The second-order valence-electron chi connectivity index (χ2n) is 3.33. The van der Waals surface area contributed by atoms with Crippen molar-refractivity contribution in [1.82, 2.24) is 4.31 Å². The highest BCUT2D eigenvalue weighted by atomic mass is 127. The summed E-state index contributed by atoms with van der Waals surface area (Å²) in [6.45, 7) is 2.47.